The number of nitrogens with zero attached hydrogens (tertiary/aromatic N) is 2. The van der Waals surface area contributed by atoms with E-state index in [1.54, 1.807) is 6.20 Å². The molecular weight excluding hydrogens is 260 g/mol. The van der Waals surface area contributed by atoms with Crippen molar-refractivity contribution in [2.24, 2.45) is 23.2 Å². The van der Waals surface area contributed by atoms with Crippen LogP contribution >= 0.6 is 0 Å². The van der Waals surface area contributed by atoms with Crippen LogP contribution in [0.5, 0.6) is 0 Å². The Hall–Kier alpha value is -1.12. The number of carbonyl (C=O) groups is 1. The Balaban J connectivity index is 1.53. The molecule has 4 saturated carbocycles. The Morgan fingerprint density at radius 3 is 2.43 bits per heavy atom. The number of imidazole rings is 1. The molecular formula is C18H26N2O. The van der Waals surface area contributed by atoms with Gasteiger partial charge in [0.25, 0.3) is 0 Å². The van der Waals surface area contributed by atoms with Crippen LogP contribution < -0.4 is 0 Å². The highest BCUT2D eigenvalue weighted by Gasteiger charge is 2.51. The number of aromatic nitrogens is 2. The van der Waals surface area contributed by atoms with Crippen molar-refractivity contribution in [2.75, 3.05) is 0 Å². The third kappa shape index (κ3) is 2.35. The quantitative estimate of drug-likeness (QED) is 0.764. The lowest BCUT2D eigenvalue weighted by atomic mass is 9.48. The Bertz CT molecular complexity index is 510. The van der Waals surface area contributed by atoms with E-state index < -0.39 is 0 Å². The Labute approximate surface area is 127 Å². The van der Waals surface area contributed by atoms with Crippen molar-refractivity contribution < 1.29 is 4.79 Å². The van der Waals surface area contributed by atoms with Crippen molar-refractivity contribution in [1.29, 1.82) is 0 Å². The summed E-state index contributed by atoms with van der Waals surface area (Å²) in [5, 5.41) is 0. The average molecular weight is 286 g/mol. The van der Waals surface area contributed by atoms with Gasteiger partial charge >= 0.3 is 0 Å². The van der Waals surface area contributed by atoms with Gasteiger partial charge in [0.05, 0.1) is 0 Å². The summed E-state index contributed by atoms with van der Waals surface area (Å²) in [5.41, 5.74) is 0.328. The fourth-order valence-electron chi connectivity index (χ4n) is 5.91. The molecule has 0 radical (unpaired) electrons. The van der Waals surface area contributed by atoms with E-state index in [1.165, 1.54) is 38.5 Å². The van der Waals surface area contributed by atoms with Gasteiger partial charge in [-0.3, -0.25) is 4.79 Å². The van der Waals surface area contributed by atoms with Crippen LogP contribution in [0.4, 0.5) is 0 Å². The molecule has 0 N–H and O–H groups in total. The van der Waals surface area contributed by atoms with E-state index in [9.17, 15) is 4.79 Å². The van der Waals surface area contributed by atoms with Crippen molar-refractivity contribution in [3.05, 3.63) is 18.2 Å². The molecule has 0 spiro atoms. The number of aryl methyl sites for hydroxylation is 1. The monoisotopic (exact) mass is 286 g/mol. The molecule has 1 aromatic heterocycles. The average Bonchev–Trinajstić information content (AvgIpc) is 2.85. The van der Waals surface area contributed by atoms with Crippen LogP contribution in [0.1, 0.15) is 68.9 Å². The van der Waals surface area contributed by atoms with Gasteiger partial charge in [-0.05, 0) is 68.1 Å². The molecule has 0 aliphatic heterocycles. The SMILES string of the molecule is CCCn1ccnc1C(=O)CC12CC3CC(CC(C3)C1)C2. The molecule has 0 unspecified atom stereocenters. The van der Waals surface area contributed by atoms with Gasteiger partial charge in [-0.2, -0.15) is 0 Å². The molecule has 0 atom stereocenters. The zero-order chi connectivity index (χ0) is 14.4. The number of Topliss-reactive ketones (excluding diaryl/α,β-unsaturated/α-hetero) is 1. The summed E-state index contributed by atoms with van der Waals surface area (Å²) in [6, 6.07) is 0. The highest BCUT2D eigenvalue weighted by molar-refractivity contribution is 5.93. The summed E-state index contributed by atoms with van der Waals surface area (Å²) in [4.78, 5) is 17.1. The minimum absolute atomic E-state index is 0.287. The van der Waals surface area contributed by atoms with Crippen LogP contribution in [0.15, 0.2) is 12.4 Å². The third-order valence-electron chi connectivity index (χ3n) is 6.13. The topological polar surface area (TPSA) is 34.9 Å². The summed E-state index contributed by atoms with van der Waals surface area (Å²) in [7, 11) is 0. The highest BCUT2D eigenvalue weighted by atomic mass is 16.1. The normalized spacial score (nSPS) is 37.1. The summed E-state index contributed by atoms with van der Waals surface area (Å²) in [6.45, 7) is 3.05. The molecule has 0 amide bonds. The van der Waals surface area contributed by atoms with Crippen LogP contribution in [0.2, 0.25) is 0 Å². The standard InChI is InChI=1S/C18H26N2O/c1-2-4-20-5-3-19-17(20)16(21)12-18-9-13-6-14(10-18)8-15(7-13)11-18/h3,5,13-15H,2,4,6-12H2,1H3. The van der Waals surface area contributed by atoms with Gasteiger partial charge in [-0.1, -0.05) is 6.92 Å². The number of carbonyl (C=O) groups excluding carboxylic acids is 1. The molecule has 0 aromatic carbocycles. The van der Waals surface area contributed by atoms with Gasteiger partial charge < -0.3 is 4.57 Å². The Morgan fingerprint density at radius 2 is 1.86 bits per heavy atom. The number of hydrogen-bond donors (Lipinski definition) is 0. The molecule has 21 heavy (non-hydrogen) atoms. The van der Waals surface area contributed by atoms with Crippen LogP contribution in [0.25, 0.3) is 0 Å². The van der Waals surface area contributed by atoms with Gasteiger partial charge in [-0.15, -0.1) is 0 Å². The van der Waals surface area contributed by atoms with Crippen molar-refractivity contribution in [3.8, 4) is 0 Å². The van der Waals surface area contributed by atoms with E-state index in [2.05, 4.69) is 11.9 Å². The molecule has 4 bridgehead atoms. The van der Waals surface area contributed by atoms with E-state index in [0.717, 1.165) is 37.1 Å². The maximum absolute atomic E-state index is 12.8. The second-order valence-electron chi connectivity index (χ2n) is 7.96. The van der Waals surface area contributed by atoms with Gasteiger partial charge in [0.2, 0.25) is 0 Å². The number of rotatable bonds is 5. The van der Waals surface area contributed by atoms with Crippen molar-refractivity contribution >= 4 is 5.78 Å². The van der Waals surface area contributed by atoms with Crippen LogP contribution in [0.3, 0.4) is 0 Å². The molecule has 3 nitrogen and oxygen atoms in total. The number of ketones is 1. The van der Waals surface area contributed by atoms with E-state index in [-0.39, 0.29) is 5.78 Å². The summed E-state index contributed by atoms with van der Waals surface area (Å²) in [5.74, 6) is 3.74. The first-order valence-electron chi connectivity index (χ1n) is 8.72. The van der Waals surface area contributed by atoms with Gasteiger partial charge in [0.15, 0.2) is 11.6 Å². The van der Waals surface area contributed by atoms with E-state index in [4.69, 9.17) is 0 Å². The largest absolute Gasteiger partial charge is 0.329 e. The molecule has 5 rings (SSSR count). The van der Waals surface area contributed by atoms with Crippen molar-refractivity contribution in [3.63, 3.8) is 0 Å². The van der Waals surface area contributed by atoms with E-state index >= 15 is 0 Å². The lowest BCUT2D eigenvalue weighted by Crippen LogP contribution is -2.47. The maximum Gasteiger partial charge on any atom is 0.198 e. The molecule has 0 saturated heterocycles. The van der Waals surface area contributed by atoms with Crippen molar-refractivity contribution in [1.82, 2.24) is 9.55 Å². The minimum atomic E-state index is 0.287. The van der Waals surface area contributed by atoms with Crippen LogP contribution in [-0.2, 0) is 6.54 Å². The fraction of sp³-hybridized carbons (Fsp3) is 0.778. The maximum atomic E-state index is 12.8. The summed E-state index contributed by atoms with van der Waals surface area (Å²) in [6.07, 6.45) is 13.8. The molecule has 4 fully saturated rings. The molecule has 3 heteroatoms. The van der Waals surface area contributed by atoms with Crippen molar-refractivity contribution in [2.45, 2.75) is 64.8 Å². The van der Waals surface area contributed by atoms with E-state index in [1.807, 2.05) is 10.8 Å². The molecule has 1 aromatic rings. The lowest BCUT2D eigenvalue weighted by molar-refractivity contribution is -0.0525. The Kier molecular flexibility index (Phi) is 3.20. The van der Waals surface area contributed by atoms with Gasteiger partial charge in [-0.25, -0.2) is 4.98 Å². The Morgan fingerprint density at radius 1 is 1.24 bits per heavy atom. The van der Waals surface area contributed by atoms with Gasteiger partial charge in [0.1, 0.15) is 0 Å². The molecule has 1 heterocycles. The predicted octanol–water partition coefficient (Wildman–Crippen LogP) is 4.08. The molecule has 114 valence electrons. The zero-order valence-corrected chi connectivity index (χ0v) is 13.1. The first-order valence-corrected chi connectivity index (χ1v) is 8.72. The van der Waals surface area contributed by atoms with Crippen LogP contribution in [0, 0.1) is 23.2 Å². The summed E-state index contributed by atoms with van der Waals surface area (Å²) >= 11 is 0. The predicted molar refractivity (Wildman–Crippen MR) is 82.1 cm³/mol. The first-order chi connectivity index (χ1) is 10.2. The minimum Gasteiger partial charge on any atom is -0.329 e. The second kappa shape index (κ2) is 4.96. The summed E-state index contributed by atoms with van der Waals surface area (Å²) < 4.78 is 2.04. The van der Waals surface area contributed by atoms with Crippen LogP contribution in [-0.4, -0.2) is 15.3 Å². The van der Waals surface area contributed by atoms with Gasteiger partial charge in [0, 0.05) is 25.4 Å². The lowest BCUT2D eigenvalue weighted by Gasteiger charge is -2.56. The smallest absolute Gasteiger partial charge is 0.198 e. The second-order valence-corrected chi connectivity index (χ2v) is 7.96. The third-order valence-corrected chi connectivity index (χ3v) is 6.13. The fourth-order valence-corrected chi connectivity index (χ4v) is 5.91. The highest BCUT2D eigenvalue weighted by Crippen LogP contribution is 2.61. The molecule has 4 aliphatic carbocycles. The zero-order valence-electron chi connectivity index (χ0n) is 13.1. The molecule has 4 aliphatic rings. The van der Waals surface area contributed by atoms with E-state index in [0.29, 0.717) is 11.2 Å². The number of hydrogen-bond acceptors (Lipinski definition) is 2. The first kappa shape index (κ1) is 13.5.